The molecular formula is C22H30O6S2Se2. The number of methoxy groups -OCH3 is 2. The summed E-state index contributed by atoms with van der Waals surface area (Å²) >= 11 is -0.548. The Hall–Kier alpha value is -1.02. The molecule has 2 aromatic carbocycles. The molecule has 0 aromatic heterocycles. The molecule has 0 saturated heterocycles. The number of benzene rings is 2. The summed E-state index contributed by atoms with van der Waals surface area (Å²) in [4.78, 5) is 0.500. The molecule has 10 heteroatoms. The van der Waals surface area contributed by atoms with Gasteiger partial charge in [0.15, 0.2) is 0 Å². The molecule has 0 saturated carbocycles. The van der Waals surface area contributed by atoms with E-state index in [2.05, 4.69) is 0 Å². The van der Waals surface area contributed by atoms with Crippen molar-refractivity contribution in [3.63, 3.8) is 0 Å². The molecule has 2 rings (SSSR count). The van der Waals surface area contributed by atoms with E-state index in [0.717, 1.165) is 0 Å². The fourth-order valence-corrected chi connectivity index (χ4v) is 14.7. The van der Waals surface area contributed by atoms with Crippen LogP contribution in [0.1, 0.15) is 41.5 Å². The Morgan fingerprint density at radius 2 is 0.938 bits per heavy atom. The van der Waals surface area contributed by atoms with Crippen LogP contribution in [0.5, 0.6) is 11.5 Å². The fourth-order valence-electron chi connectivity index (χ4n) is 2.54. The first-order valence-electron chi connectivity index (χ1n) is 9.76. The van der Waals surface area contributed by atoms with Crippen molar-refractivity contribution in [2.24, 2.45) is 0 Å². The van der Waals surface area contributed by atoms with Crippen LogP contribution in [0.4, 0.5) is 0 Å². The van der Waals surface area contributed by atoms with Gasteiger partial charge in [-0.2, -0.15) is 0 Å². The Morgan fingerprint density at radius 1 is 0.625 bits per heavy atom. The van der Waals surface area contributed by atoms with Gasteiger partial charge in [-0.15, -0.1) is 0 Å². The molecule has 0 N–H and O–H groups in total. The van der Waals surface area contributed by atoms with Crippen molar-refractivity contribution in [3.8, 4) is 11.5 Å². The number of sulfone groups is 2. The van der Waals surface area contributed by atoms with Crippen molar-refractivity contribution in [2.45, 2.75) is 60.8 Å². The van der Waals surface area contributed by atoms with E-state index >= 15 is 0 Å². The third-order valence-electron chi connectivity index (χ3n) is 4.71. The van der Waals surface area contributed by atoms with Crippen molar-refractivity contribution in [3.05, 3.63) is 36.4 Å². The minimum absolute atomic E-state index is 0.250. The van der Waals surface area contributed by atoms with E-state index < -0.39 is 29.2 Å². The fraction of sp³-hybridized carbons (Fsp3) is 0.455. The van der Waals surface area contributed by atoms with Crippen LogP contribution in [0.15, 0.2) is 46.2 Å². The van der Waals surface area contributed by atoms with Gasteiger partial charge >= 0.3 is 204 Å². The van der Waals surface area contributed by atoms with E-state index in [1.807, 2.05) is 0 Å². The summed E-state index contributed by atoms with van der Waals surface area (Å²) in [7, 11) is -4.22. The Labute approximate surface area is 203 Å². The second kappa shape index (κ2) is 9.69. The summed E-state index contributed by atoms with van der Waals surface area (Å²) in [6.07, 6.45) is 0. The molecule has 0 aliphatic rings. The normalized spacial score (nSPS) is 13.1. The van der Waals surface area contributed by atoms with Crippen LogP contribution < -0.4 is 18.4 Å². The molecule has 0 amide bonds. The maximum atomic E-state index is 13.2. The average molecular weight is 613 g/mol. The predicted molar refractivity (Wildman–Crippen MR) is 131 cm³/mol. The molecule has 0 aliphatic heterocycles. The van der Waals surface area contributed by atoms with E-state index in [0.29, 0.717) is 20.4 Å². The molecule has 6 nitrogen and oxygen atoms in total. The maximum absolute atomic E-state index is 13.2. The van der Waals surface area contributed by atoms with Crippen LogP contribution in [0, 0.1) is 0 Å². The van der Waals surface area contributed by atoms with E-state index in [4.69, 9.17) is 9.47 Å². The zero-order chi connectivity index (χ0) is 24.5. The Morgan fingerprint density at radius 3 is 1.19 bits per heavy atom. The summed E-state index contributed by atoms with van der Waals surface area (Å²) in [6, 6.07) is 10.2. The molecule has 178 valence electrons. The Bertz CT molecular complexity index is 1100. The van der Waals surface area contributed by atoms with Crippen molar-refractivity contribution in [1.29, 1.82) is 0 Å². The monoisotopic (exact) mass is 614 g/mol. The molecule has 0 atom stereocenters. The van der Waals surface area contributed by atoms with Gasteiger partial charge in [-0.1, -0.05) is 0 Å². The van der Waals surface area contributed by atoms with Gasteiger partial charge in [-0.25, -0.2) is 0 Å². The third kappa shape index (κ3) is 5.54. The van der Waals surface area contributed by atoms with Gasteiger partial charge in [0.2, 0.25) is 0 Å². The topological polar surface area (TPSA) is 86.7 Å². The van der Waals surface area contributed by atoms with Crippen molar-refractivity contribution >= 4 is 54.9 Å². The van der Waals surface area contributed by atoms with Gasteiger partial charge < -0.3 is 0 Å². The van der Waals surface area contributed by atoms with E-state index in [-0.39, 0.29) is 36.1 Å². The van der Waals surface area contributed by atoms with Crippen LogP contribution in [0.25, 0.3) is 0 Å². The first kappa shape index (κ1) is 27.2. The minimum atomic E-state index is -3.61. The van der Waals surface area contributed by atoms with E-state index in [9.17, 15) is 16.8 Å². The van der Waals surface area contributed by atoms with Crippen molar-refractivity contribution in [2.75, 3.05) is 14.2 Å². The number of ether oxygens (including phenoxy) is 2. The molecule has 32 heavy (non-hydrogen) atoms. The zero-order valence-corrected chi connectivity index (χ0v) is 24.6. The summed E-state index contributed by atoms with van der Waals surface area (Å²) in [5.74, 6) is 0.945. The van der Waals surface area contributed by atoms with Gasteiger partial charge in [-0.05, 0) is 0 Å². The zero-order valence-electron chi connectivity index (χ0n) is 19.5. The number of rotatable bonds is 7. The molecule has 0 unspecified atom stereocenters. The first-order chi connectivity index (χ1) is 14.6. The van der Waals surface area contributed by atoms with Gasteiger partial charge in [0, 0.05) is 0 Å². The summed E-state index contributed by atoms with van der Waals surface area (Å²) in [6.45, 7) is 10.0. The standard InChI is InChI=1S/C22H30O6S2Se2/c1-21(2,3)29(23,24)17-13-15(27-7)9-11-19(17)31-32-20-12-10-16(28-8)14-18(20)30(25,26)22(4,5)6/h9-14H,1-8H3. The predicted octanol–water partition coefficient (Wildman–Crippen LogP) is 2.12. The van der Waals surface area contributed by atoms with E-state index in [1.54, 1.807) is 77.9 Å². The van der Waals surface area contributed by atoms with Crippen LogP contribution >= 0.6 is 0 Å². The Kier molecular flexibility index (Phi) is 8.24. The molecule has 0 fully saturated rings. The quantitative estimate of drug-likeness (QED) is 0.446. The SMILES string of the molecule is COc1ccc([Se][Se]c2ccc(OC)cc2S(=O)(=O)C(C)(C)C)c(S(=O)(=O)C(C)(C)C)c1. The third-order valence-corrected chi connectivity index (χ3v) is 17.6. The van der Waals surface area contributed by atoms with Crippen LogP contribution in [-0.4, -0.2) is 66.8 Å². The molecular weight excluding hydrogens is 582 g/mol. The van der Waals surface area contributed by atoms with Crippen LogP contribution in [0.3, 0.4) is 0 Å². The first-order valence-corrected chi connectivity index (χ1v) is 18.8. The van der Waals surface area contributed by atoms with Crippen LogP contribution in [-0.2, 0) is 19.7 Å². The number of hydrogen-bond donors (Lipinski definition) is 0. The Balaban J connectivity index is 2.57. The van der Waals surface area contributed by atoms with E-state index in [1.165, 1.54) is 14.2 Å². The molecule has 0 bridgehead atoms. The molecule has 0 aliphatic carbocycles. The summed E-state index contributed by atoms with van der Waals surface area (Å²) < 4.78 is 63.0. The molecule has 0 spiro atoms. The summed E-state index contributed by atoms with van der Waals surface area (Å²) in [5.41, 5.74) is 0. The average Bonchev–Trinajstić information content (AvgIpc) is 2.70. The van der Waals surface area contributed by atoms with Crippen molar-refractivity contribution in [1.82, 2.24) is 0 Å². The van der Waals surface area contributed by atoms with Gasteiger partial charge in [-0.3, -0.25) is 0 Å². The van der Waals surface area contributed by atoms with Crippen molar-refractivity contribution < 1.29 is 26.3 Å². The molecule has 0 radical (unpaired) electrons. The summed E-state index contributed by atoms with van der Waals surface area (Å²) in [5, 5.41) is 0. The second-order valence-electron chi connectivity index (χ2n) is 9.02. The molecule has 2 aromatic rings. The van der Waals surface area contributed by atoms with Gasteiger partial charge in [0.25, 0.3) is 0 Å². The van der Waals surface area contributed by atoms with Gasteiger partial charge in [0.05, 0.1) is 0 Å². The molecule has 0 heterocycles. The van der Waals surface area contributed by atoms with Gasteiger partial charge in [0.1, 0.15) is 0 Å². The van der Waals surface area contributed by atoms with Crippen LogP contribution in [0.2, 0.25) is 0 Å². The number of hydrogen-bond acceptors (Lipinski definition) is 6. The second-order valence-corrected chi connectivity index (χ2v) is 20.5.